The fourth-order valence-electron chi connectivity index (χ4n) is 2.20. The van der Waals surface area contributed by atoms with Gasteiger partial charge in [-0.2, -0.15) is 0 Å². The Labute approximate surface area is 131 Å². The molecule has 6 nitrogen and oxygen atoms in total. The number of nitro groups is 1. The SMILES string of the molecule is O=C(/C=C/c1ccc([N+](=O)[O-])o1)Nc1cccc2ccccc12. The van der Waals surface area contributed by atoms with Crippen LogP contribution in [0.1, 0.15) is 5.76 Å². The Balaban J connectivity index is 1.75. The van der Waals surface area contributed by atoms with Gasteiger partial charge in [-0.3, -0.25) is 14.9 Å². The van der Waals surface area contributed by atoms with Crippen molar-refractivity contribution in [1.82, 2.24) is 0 Å². The van der Waals surface area contributed by atoms with Crippen LogP contribution >= 0.6 is 0 Å². The van der Waals surface area contributed by atoms with E-state index in [0.29, 0.717) is 5.69 Å². The summed E-state index contributed by atoms with van der Waals surface area (Å²) in [6, 6.07) is 16.0. The third-order valence-corrected chi connectivity index (χ3v) is 3.24. The normalized spacial score (nSPS) is 11.0. The lowest BCUT2D eigenvalue weighted by Crippen LogP contribution is -2.07. The molecule has 0 aliphatic carbocycles. The quantitative estimate of drug-likeness (QED) is 0.448. The Morgan fingerprint density at radius 2 is 1.87 bits per heavy atom. The van der Waals surface area contributed by atoms with Crippen LogP contribution in [0.5, 0.6) is 0 Å². The van der Waals surface area contributed by atoms with E-state index in [-0.39, 0.29) is 17.6 Å². The van der Waals surface area contributed by atoms with Crippen molar-refractivity contribution in [3.05, 3.63) is 76.5 Å². The average Bonchev–Trinajstić information content (AvgIpc) is 3.03. The predicted molar refractivity (Wildman–Crippen MR) is 87.0 cm³/mol. The van der Waals surface area contributed by atoms with E-state index >= 15 is 0 Å². The molecule has 3 aromatic rings. The molecule has 0 aliphatic rings. The largest absolute Gasteiger partial charge is 0.433 e. The summed E-state index contributed by atoms with van der Waals surface area (Å²) in [6.45, 7) is 0. The zero-order chi connectivity index (χ0) is 16.2. The van der Waals surface area contributed by atoms with Crippen molar-refractivity contribution in [3.8, 4) is 0 Å². The highest BCUT2D eigenvalue weighted by molar-refractivity contribution is 6.07. The van der Waals surface area contributed by atoms with E-state index in [0.717, 1.165) is 10.8 Å². The van der Waals surface area contributed by atoms with Gasteiger partial charge >= 0.3 is 5.88 Å². The number of benzene rings is 2. The first kappa shape index (κ1) is 14.5. The fraction of sp³-hybridized carbons (Fsp3) is 0. The first-order chi connectivity index (χ1) is 11.1. The van der Waals surface area contributed by atoms with Crippen molar-refractivity contribution in [1.29, 1.82) is 0 Å². The maximum absolute atomic E-state index is 12.0. The molecule has 1 amide bonds. The van der Waals surface area contributed by atoms with E-state index in [2.05, 4.69) is 5.32 Å². The maximum Gasteiger partial charge on any atom is 0.433 e. The smallest absolute Gasteiger partial charge is 0.401 e. The number of nitrogens with zero attached hydrogens (tertiary/aromatic N) is 1. The molecule has 0 saturated heterocycles. The minimum atomic E-state index is -0.631. The number of carbonyl (C=O) groups excluding carboxylic acids is 1. The first-order valence-electron chi connectivity index (χ1n) is 6.84. The van der Waals surface area contributed by atoms with Gasteiger partial charge in [0.25, 0.3) is 0 Å². The Bertz CT molecular complexity index is 906. The Morgan fingerprint density at radius 1 is 1.09 bits per heavy atom. The Hall–Kier alpha value is -3.41. The van der Waals surface area contributed by atoms with Crippen molar-refractivity contribution >= 4 is 34.3 Å². The summed E-state index contributed by atoms with van der Waals surface area (Å²) in [7, 11) is 0. The molecule has 1 N–H and O–H groups in total. The number of hydrogen-bond donors (Lipinski definition) is 1. The van der Waals surface area contributed by atoms with Crippen molar-refractivity contribution in [2.24, 2.45) is 0 Å². The molecule has 0 aliphatic heterocycles. The number of rotatable bonds is 4. The van der Waals surface area contributed by atoms with Gasteiger partial charge in [0.15, 0.2) is 0 Å². The highest BCUT2D eigenvalue weighted by Crippen LogP contribution is 2.23. The van der Waals surface area contributed by atoms with Gasteiger partial charge in [-0.15, -0.1) is 0 Å². The number of nitrogens with one attached hydrogen (secondary N) is 1. The van der Waals surface area contributed by atoms with Crippen LogP contribution in [0.2, 0.25) is 0 Å². The molecule has 0 atom stereocenters. The van der Waals surface area contributed by atoms with Gasteiger partial charge in [0.2, 0.25) is 5.91 Å². The molecule has 0 fully saturated rings. The fourth-order valence-corrected chi connectivity index (χ4v) is 2.20. The second-order valence-corrected chi connectivity index (χ2v) is 4.78. The van der Waals surface area contributed by atoms with Gasteiger partial charge in [-0.25, -0.2) is 0 Å². The second-order valence-electron chi connectivity index (χ2n) is 4.78. The summed E-state index contributed by atoms with van der Waals surface area (Å²) < 4.78 is 4.95. The minimum absolute atomic E-state index is 0.241. The van der Waals surface area contributed by atoms with Gasteiger partial charge < -0.3 is 9.73 Å². The molecule has 0 bridgehead atoms. The topological polar surface area (TPSA) is 85.4 Å². The van der Waals surface area contributed by atoms with Crippen LogP contribution in [0.3, 0.4) is 0 Å². The summed E-state index contributed by atoms with van der Waals surface area (Å²) in [5, 5.41) is 15.3. The standard InChI is InChI=1S/C17H12N2O4/c20-16(10-8-13-9-11-17(23-13)19(21)22)18-15-7-3-5-12-4-1-2-6-14(12)15/h1-11H,(H,18,20)/b10-8+. The maximum atomic E-state index is 12.0. The summed E-state index contributed by atoms with van der Waals surface area (Å²) in [6.07, 6.45) is 2.65. The number of fused-ring (bicyclic) bond motifs is 1. The van der Waals surface area contributed by atoms with Crippen LogP contribution in [0, 0.1) is 10.1 Å². The van der Waals surface area contributed by atoms with Gasteiger partial charge in [0.05, 0.1) is 6.07 Å². The molecule has 114 valence electrons. The Morgan fingerprint density at radius 3 is 2.65 bits per heavy atom. The van der Waals surface area contributed by atoms with E-state index in [1.54, 1.807) is 0 Å². The number of anilines is 1. The van der Waals surface area contributed by atoms with Gasteiger partial charge in [0, 0.05) is 17.1 Å². The van der Waals surface area contributed by atoms with Crippen LogP contribution in [-0.4, -0.2) is 10.8 Å². The van der Waals surface area contributed by atoms with E-state index in [1.165, 1.54) is 24.3 Å². The van der Waals surface area contributed by atoms with Crippen LogP contribution in [0.15, 0.2) is 65.1 Å². The molecule has 0 spiro atoms. The van der Waals surface area contributed by atoms with Crippen LogP contribution < -0.4 is 5.32 Å². The number of hydrogen-bond acceptors (Lipinski definition) is 4. The van der Waals surface area contributed by atoms with Crippen molar-refractivity contribution in [3.63, 3.8) is 0 Å². The highest BCUT2D eigenvalue weighted by atomic mass is 16.6. The molecule has 3 rings (SSSR count). The van der Waals surface area contributed by atoms with Crippen LogP contribution in [0.4, 0.5) is 11.6 Å². The van der Waals surface area contributed by atoms with Crippen molar-refractivity contribution < 1.29 is 14.1 Å². The van der Waals surface area contributed by atoms with Gasteiger partial charge in [-0.05, 0) is 23.6 Å². The van der Waals surface area contributed by atoms with Crippen LogP contribution in [0.25, 0.3) is 16.8 Å². The summed E-state index contributed by atoms with van der Waals surface area (Å²) in [5.41, 5.74) is 0.697. The zero-order valence-corrected chi connectivity index (χ0v) is 11.9. The number of furan rings is 1. The Kier molecular flexibility index (Phi) is 3.88. The molecular formula is C17H12N2O4. The minimum Gasteiger partial charge on any atom is -0.401 e. The van der Waals surface area contributed by atoms with Crippen molar-refractivity contribution in [2.75, 3.05) is 5.32 Å². The molecule has 1 heterocycles. The lowest BCUT2D eigenvalue weighted by atomic mass is 10.1. The number of carbonyl (C=O) groups is 1. The predicted octanol–water partition coefficient (Wildman–Crippen LogP) is 3.99. The average molecular weight is 308 g/mol. The molecule has 2 aromatic carbocycles. The molecule has 0 unspecified atom stereocenters. The summed E-state index contributed by atoms with van der Waals surface area (Å²) >= 11 is 0. The first-order valence-corrected chi connectivity index (χ1v) is 6.84. The zero-order valence-electron chi connectivity index (χ0n) is 11.9. The van der Waals surface area contributed by atoms with Gasteiger partial charge in [-0.1, -0.05) is 36.4 Å². The monoisotopic (exact) mass is 308 g/mol. The molecule has 0 radical (unpaired) electrons. The third-order valence-electron chi connectivity index (χ3n) is 3.24. The molecule has 6 heteroatoms. The lowest BCUT2D eigenvalue weighted by molar-refractivity contribution is -0.402. The molecule has 23 heavy (non-hydrogen) atoms. The lowest BCUT2D eigenvalue weighted by Gasteiger charge is -2.06. The molecule has 0 saturated carbocycles. The summed E-state index contributed by atoms with van der Waals surface area (Å²) in [5.74, 6) is -0.468. The third kappa shape index (κ3) is 3.26. The van der Waals surface area contributed by atoms with Gasteiger partial charge in [0.1, 0.15) is 10.7 Å². The number of amides is 1. The second kappa shape index (κ2) is 6.15. The molecule has 1 aromatic heterocycles. The molecular weight excluding hydrogens is 296 g/mol. The van der Waals surface area contributed by atoms with Crippen molar-refractivity contribution in [2.45, 2.75) is 0 Å². The van der Waals surface area contributed by atoms with Crippen LogP contribution in [-0.2, 0) is 4.79 Å². The van der Waals surface area contributed by atoms with E-state index in [4.69, 9.17) is 4.42 Å². The van der Waals surface area contributed by atoms with E-state index < -0.39 is 4.92 Å². The summed E-state index contributed by atoms with van der Waals surface area (Å²) in [4.78, 5) is 21.9. The van der Waals surface area contributed by atoms with E-state index in [1.807, 2.05) is 42.5 Å². The highest BCUT2D eigenvalue weighted by Gasteiger charge is 2.10. The van der Waals surface area contributed by atoms with E-state index in [9.17, 15) is 14.9 Å².